The molecular weight excluding hydrogens is 212 g/mol. The molecule has 3 heteroatoms. The Labute approximate surface area is 106 Å². The van der Waals surface area contributed by atoms with Gasteiger partial charge in [-0.2, -0.15) is 0 Å². The summed E-state index contributed by atoms with van der Waals surface area (Å²) in [5.74, 6) is 0.696. The molecule has 2 N–H and O–H groups in total. The number of methoxy groups -OCH3 is 1. The molecule has 0 spiro atoms. The van der Waals surface area contributed by atoms with Crippen LogP contribution >= 0.6 is 0 Å². The van der Waals surface area contributed by atoms with Crippen molar-refractivity contribution in [3.63, 3.8) is 0 Å². The SMILES string of the molecule is COC1CN(CC2(C)CCCC2N)CCC1C. The summed E-state index contributed by atoms with van der Waals surface area (Å²) in [6.07, 6.45) is 5.45. The highest BCUT2D eigenvalue weighted by atomic mass is 16.5. The first-order valence-electron chi connectivity index (χ1n) is 7.06. The Bertz CT molecular complexity index is 259. The first-order chi connectivity index (χ1) is 8.05. The van der Waals surface area contributed by atoms with Gasteiger partial charge in [-0.15, -0.1) is 0 Å². The Morgan fingerprint density at radius 1 is 1.41 bits per heavy atom. The van der Waals surface area contributed by atoms with E-state index in [4.69, 9.17) is 10.5 Å². The number of piperidine rings is 1. The van der Waals surface area contributed by atoms with Crippen LogP contribution in [0.4, 0.5) is 0 Å². The van der Waals surface area contributed by atoms with Crippen LogP contribution in [0.15, 0.2) is 0 Å². The van der Waals surface area contributed by atoms with Crippen molar-refractivity contribution in [1.82, 2.24) is 4.90 Å². The molecule has 100 valence electrons. The van der Waals surface area contributed by atoms with Crippen LogP contribution in [-0.4, -0.2) is 43.8 Å². The second kappa shape index (κ2) is 5.25. The maximum Gasteiger partial charge on any atom is 0.0724 e. The van der Waals surface area contributed by atoms with Crippen molar-refractivity contribution in [1.29, 1.82) is 0 Å². The molecule has 0 aromatic carbocycles. The van der Waals surface area contributed by atoms with Crippen molar-refractivity contribution in [2.75, 3.05) is 26.7 Å². The largest absolute Gasteiger partial charge is 0.380 e. The van der Waals surface area contributed by atoms with E-state index in [1.165, 1.54) is 32.2 Å². The highest BCUT2D eigenvalue weighted by Crippen LogP contribution is 2.38. The van der Waals surface area contributed by atoms with Crippen LogP contribution in [-0.2, 0) is 4.74 Å². The lowest BCUT2D eigenvalue weighted by Gasteiger charge is -2.41. The van der Waals surface area contributed by atoms with Crippen LogP contribution in [0.2, 0.25) is 0 Å². The number of nitrogens with zero attached hydrogens (tertiary/aromatic N) is 1. The second-order valence-electron chi connectivity index (χ2n) is 6.43. The Morgan fingerprint density at radius 3 is 2.76 bits per heavy atom. The minimum absolute atomic E-state index is 0.332. The lowest BCUT2D eigenvalue weighted by Crippen LogP contribution is -2.50. The van der Waals surface area contributed by atoms with E-state index < -0.39 is 0 Å². The predicted octanol–water partition coefficient (Wildman–Crippen LogP) is 1.86. The number of hydrogen-bond donors (Lipinski definition) is 1. The van der Waals surface area contributed by atoms with Crippen molar-refractivity contribution in [2.45, 2.75) is 51.7 Å². The highest BCUT2D eigenvalue weighted by Gasteiger charge is 2.39. The van der Waals surface area contributed by atoms with Gasteiger partial charge in [0.2, 0.25) is 0 Å². The lowest BCUT2D eigenvalue weighted by molar-refractivity contribution is -0.0173. The van der Waals surface area contributed by atoms with Crippen LogP contribution in [0.3, 0.4) is 0 Å². The average molecular weight is 240 g/mol. The highest BCUT2D eigenvalue weighted by molar-refractivity contribution is 4.94. The fourth-order valence-electron chi connectivity index (χ4n) is 3.52. The normalized spacial score (nSPS) is 44.1. The van der Waals surface area contributed by atoms with Gasteiger partial charge in [-0.3, -0.25) is 0 Å². The van der Waals surface area contributed by atoms with Gasteiger partial charge in [-0.25, -0.2) is 0 Å². The van der Waals surface area contributed by atoms with Gasteiger partial charge in [0.05, 0.1) is 6.10 Å². The van der Waals surface area contributed by atoms with Crippen LogP contribution in [0.25, 0.3) is 0 Å². The topological polar surface area (TPSA) is 38.5 Å². The second-order valence-corrected chi connectivity index (χ2v) is 6.43. The summed E-state index contributed by atoms with van der Waals surface area (Å²) in [4.78, 5) is 2.57. The van der Waals surface area contributed by atoms with Crippen molar-refractivity contribution >= 4 is 0 Å². The van der Waals surface area contributed by atoms with E-state index in [0.29, 0.717) is 23.5 Å². The third-order valence-electron chi connectivity index (χ3n) is 5.02. The van der Waals surface area contributed by atoms with Gasteiger partial charge < -0.3 is 15.4 Å². The van der Waals surface area contributed by atoms with Crippen LogP contribution in [0.5, 0.6) is 0 Å². The quantitative estimate of drug-likeness (QED) is 0.818. The molecule has 2 aliphatic rings. The molecule has 3 nitrogen and oxygen atoms in total. The summed E-state index contributed by atoms with van der Waals surface area (Å²) in [7, 11) is 1.84. The fraction of sp³-hybridized carbons (Fsp3) is 1.00. The van der Waals surface area contributed by atoms with Crippen molar-refractivity contribution in [3.05, 3.63) is 0 Å². The molecule has 4 atom stereocenters. The summed E-state index contributed by atoms with van der Waals surface area (Å²) >= 11 is 0. The van der Waals surface area contributed by atoms with Crippen LogP contribution in [0.1, 0.15) is 39.5 Å². The van der Waals surface area contributed by atoms with E-state index in [2.05, 4.69) is 18.7 Å². The summed E-state index contributed by atoms with van der Waals surface area (Å²) in [6.45, 7) is 8.11. The van der Waals surface area contributed by atoms with Gasteiger partial charge in [0.25, 0.3) is 0 Å². The van der Waals surface area contributed by atoms with Gasteiger partial charge >= 0.3 is 0 Å². The standard InChI is InChI=1S/C14H28N2O/c1-11-6-8-16(9-12(11)17-3)10-14(2)7-4-5-13(14)15/h11-13H,4-10,15H2,1-3H3. The molecule has 1 aliphatic carbocycles. The van der Waals surface area contributed by atoms with E-state index >= 15 is 0 Å². The molecule has 2 rings (SSSR count). The predicted molar refractivity (Wildman–Crippen MR) is 71.0 cm³/mol. The van der Waals surface area contributed by atoms with Crippen molar-refractivity contribution in [3.8, 4) is 0 Å². The minimum Gasteiger partial charge on any atom is -0.380 e. The summed E-state index contributed by atoms with van der Waals surface area (Å²) in [5.41, 5.74) is 6.60. The smallest absolute Gasteiger partial charge is 0.0724 e. The Kier molecular flexibility index (Phi) is 4.11. The van der Waals surface area contributed by atoms with Crippen LogP contribution < -0.4 is 5.73 Å². The number of ether oxygens (including phenoxy) is 1. The van der Waals surface area contributed by atoms with E-state index in [1.807, 2.05) is 7.11 Å². The van der Waals surface area contributed by atoms with Gasteiger partial charge in [-0.1, -0.05) is 20.3 Å². The third kappa shape index (κ3) is 2.83. The first-order valence-corrected chi connectivity index (χ1v) is 7.06. The lowest BCUT2D eigenvalue weighted by atomic mass is 9.83. The number of likely N-dealkylation sites (tertiary alicyclic amines) is 1. The molecule has 1 saturated carbocycles. The molecule has 0 radical (unpaired) electrons. The molecule has 4 unspecified atom stereocenters. The third-order valence-corrected chi connectivity index (χ3v) is 5.02. The number of hydrogen-bond acceptors (Lipinski definition) is 3. The molecule has 2 fully saturated rings. The Hall–Kier alpha value is -0.120. The Balaban J connectivity index is 1.91. The first kappa shape index (κ1) is 13.3. The summed E-state index contributed by atoms with van der Waals surface area (Å²) < 4.78 is 5.58. The van der Waals surface area contributed by atoms with Crippen molar-refractivity contribution in [2.24, 2.45) is 17.1 Å². The average Bonchev–Trinajstić information content (AvgIpc) is 2.62. The number of nitrogens with two attached hydrogens (primary N) is 1. The molecule has 1 aliphatic heterocycles. The zero-order chi connectivity index (χ0) is 12.5. The maximum absolute atomic E-state index is 6.27. The van der Waals surface area contributed by atoms with Crippen LogP contribution in [0, 0.1) is 11.3 Å². The van der Waals surface area contributed by atoms with E-state index in [1.54, 1.807) is 0 Å². The Morgan fingerprint density at radius 2 is 2.18 bits per heavy atom. The zero-order valence-electron chi connectivity index (χ0n) is 11.6. The molecule has 0 amide bonds. The van der Waals surface area contributed by atoms with Gasteiger partial charge in [0.1, 0.15) is 0 Å². The summed E-state index contributed by atoms with van der Waals surface area (Å²) in [6, 6.07) is 0.392. The van der Waals surface area contributed by atoms with Crippen molar-refractivity contribution < 1.29 is 4.74 Å². The fourth-order valence-corrected chi connectivity index (χ4v) is 3.52. The molecule has 0 aromatic heterocycles. The molecule has 0 aromatic rings. The van der Waals surface area contributed by atoms with E-state index in [-0.39, 0.29) is 0 Å². The number of rotatable bonds is 3. The molecule has 1 heterocycles. The molecular formula is C14H28N2O. The monoisotopic (exact) mass is 240 g/mol. The molecule has 1 saturated heterocycles. The van der Waals surface area contributed by atoms with E-state index in [0.717, 1.165) is 13.1 Å². The van der Waals surface area contributed by atoms with Gasteiger partial charge in [0.15, 0.2) is 0 Å². The molecule has 0 bridgehead atoms. The summed E-state index contributed by atoms with van der Waals surface area (Å²) in [5, 5.41) is 0. The van der Waals surface area contributed by atoms with Gasteiger partial charge in [0, 0.05) is 26.2 Å². The molecule has 17 heavy (non-hydrogen) atoms. The zero-order valence-corrected chi connectivity index (χ0v) is 11.6. The van der Waals surface area contributed by atoms with Gasteiger partial charge in [-0.05, 0) is 37.1 Å². The minimum atomic E-state index is 0.332. The maximum atomic E-state index is 6.27. The van der Waals surface area contributed by atoms with E-state index in [9.17, 15) is 0 Å².